The summed E-state index contributed by atoms with van der Waals surface area (Å²) in [5, 5.41) is 4.39. The second-order valence-electron chi connectivity index (χ2n) is 9.37. The lowest BCUT2D eigenvalue weighted by atomic mass is 9.95. The summed E-state index contributed by atoms with van der Waals surface area (Å²) >= 11 is 0. The fourth-order valence-electron chi connectivity index (χ4n) is 4.88. The van der Waals surface area contributed by atoms with Gasteiger partial charge in [0.15, 0.2) is 0 Å². The third-order valence-corrected chi connectivity index (χ3v) is 7.09. The van der Waals surface area contributed by atoms with Crippen LogP contribution in [0.3, 0.4) is 0 Å². The number of fused-ring (bicyclic) bond motifs is 1. The first-order valence-electron chi connectivity index (χ1n) is 11.4. The average molecular weight is 409 g/mol. The summed E-state index contributed by atoms with van der Waals surface area (Å²) in [5.41, 5.74) is 4.76. The molecule has 2 aromatic heterocycles. The Morgan fingerprint density at radius 3 is 2.70 bits per heavy atom. The quantitative estimate of drug-likeness (QED) is 0.761. The van der Waals surface area contributed by atoms with Gasteiger partial charge in [0, 0.05) is 61.5 Å². The number of aromatic nitrogens is 4. The molecule has 2 aromatic rings. The van der Waals surface area contributed by atoms with Crippen molar-refractivity contribution in [1.29, 1.82) is 0 Å². The van der Waals surface area contributed by atoms with E-state index in [0.29, 0.717) is 18.3 Å². The summed E-state index contributed by atoms with van der Waals surface area (Å²) in [6.07, 6.45) is 8.08. The third kappa shape index (κ3) is 3.75. The minimum Gasteiger partial charge on any atom is -0.298 e. The van der Waals surface area contributed by atoms with Crippen LogP contribution in [0.1, 0.15) is 66.4 Å². The van der Waals surface area contributed by atoms with Crippen LogP contribution >= 0.6 is 0 Å². The maximum absolute atomic E-state index is 12.7. The van der Waals surface area contributed by atoms with Gasteiger partial charge in [-0.3, -0.25) is 19.3 Å². The number of nitrogens with zero attached hydrogens (tertiary/aromatic N) is 6. The molecule has 0 unspecified atom stereocenters. The number of anilines is 1. The molecule has 0 radical (unpaired) electrons. The normalized spacial score (nSPS) is 22.4. The van der Waals surface area contributed by atoms with Crippen molar-refractivity contribution in [1.82, 2.24) is 24.6 Å². The van der Waals surface area contributed by atoms with Crippen LogP contribution in [0.4, 0.5) is 5.82 Å². The Morgan fingerprint density at radius 1 is 1.13 bits per heavy atom. The predicted molar refractivity (Wildman–Crippen MR) is 115 cm³/mol. The van der Waals surface area contributed by atoms with E-state index in [9.17, 15) is 4.79 Å². The van der Waals surface area contributed by atoms with Gasteiger partial charge in [-0.15, -0.1) is 0 Å². The van der Waals surface area contributed by atoms with Gasteiger partial charge >= 0.3 is 0 Å². The van der Waals surface area contributed by atoms with Crippen LogP contribution in [0.25, 0.3) is 0 Å². The fourth-order valence-corrected chi connectivity index (χ4v) is 4.88. The first kappa shape index (κ1) is 19.7. The van der Waals surface area contributed by atoms with Gasteiger partial charge in [-0.1, -0.05) is 0 Å². The number of aryl methyl sites for hydroxylation is 2. The van der Waals surface area contributed by atoms with Crippen LogP contribution in [0, 0.1) is 19.8 Å². The number of piperidine rings is 1. The molecule has 0 aromatic carbocycles. The van der Waals surface area contributed by atoms with Gasteiger partial charge in [0.05, 0.1) is 6.20 Å². The van der Waals surface area contributed by atoms with E-state index in [2.05, 4.69) is 23.8 Å². The second kappa shape index (κ2) is 7.76. The lowest BCUT2D eigenvalue weighted by Gasteiger charge is -2.34. The largest absolute Gasteiger partial charge is 0.298 e. The van der Waals surface area contributed by atoms with Gasteiger partial charge in [0.1, 0.15) is 11.6 Å². The maximum atomic E-state index is 12.7. The molecule has 1 amide bonds. The van der Waals surface area contributed by atoms with Crippen molar-refractivity contribution < 1.29 is 4.79 Å². The van der Waals surface area contributed by atoms with E-state index in [1.165, 1.54) is 29.7 Å². The van der Waals surface area contributed by atoms with E-state index in [1.807, 2.05) is 22.8 Å². The van der Waals surface area contributed by atoms with Gasteiger partial charge in [-0.25, -0.2) is 9.97 Å². The molecule has 1 atom stereocenters. The molecular weight excluding hydrogens is 376 g/mol. The van der Waals surface area contributed by atoms with Gasteiger partial charge < -0.3 is 0 Å². The molecule has 0 bridgehead atoms. The molecule has 0 spiro atoms. The van der Waals surface area contributed by atoms with Crippen molar-refractivity contribution in [3.63, 3.8) is 0 Å². The Bertz CT molecular complexity index is 963. The first-order chi connectivity index (χ1) is 14.5. The van der Waals surface area contributed by atoms with Crippen LogP contribution < -0.4 is 4.90 Å². The van der Waals surface area contributed by atoms with Crippen molar-refractivity contribution in [2.75, 3.05) is 24.5 Å². The van der Waals surface area contributed by atoms with Crippen molar-refractivity contribution in [2.45, 2.75) is 64.8 Å². The predicted octanol–water partition coefficient (Wildman–Crippen LogP) is 2.90. The molecule has 30 heavy (non-hydrogen) atoms. The minimum absolute atomic E-state index is 0.232. The highest BCUT2D eigenvalue weighted by Crippen LogP contribution is 2.36. The summed E-state index contributed by atoms with van der Waals surface area (Å²) in [5.74, 6) is 3.04. The molecule has 3 aliphatic rings. The summed E-state index contributed by atoms with van der Waals surface area (Å²) in [6.45, 7) is 8.04. The molecule has 5 rings (SSSR count). The van der Waals surface area contributed by atoms with Crippen LogP contribution in [-0.4, -0.2) is 50.2 Å². The number of hydrogen-bond acceptors (Lipinski definition) is 5. The Morgan fingerprint density at radius 2 is 1.97 bits per heavy atom. The summed E-state index contributed by atoms with van der Waals surface area (Å²) in [7, 11) is 2.00. The number of rotatable bonds is 5. The number of amides is 1. The van der Waals surface area contributed by atoms with E-state index >= 15 is 0 Å². The minimum atomic E-state index is 0.232. The molecule has 2 aliphatic heterocycles. The zero-order valence-corrected chi connectivity index (χ0v) is 18.4. The van der Waals surface area contributed by atoms with Crippen LogP contribution in [0.5, 0.6) is 0 Å². The number of hydrogen-bond donors (Lipinski definition) is 0. The molecule has 7 nitrogen and oxygen atoms in total. The monoisotopic (exact) mass is 408 g/mol. The molecule has 1 saturated heterocycles. The SMILES string of the molecule is Cc1nc([C@H]2CCCN(Cc3cnn(C)c3C)C2)nc2c1CCC(=O)N2CC1CC1. The van der Waals surface area contributed by atoms with Crippen molar-refractivity contribution >= 4 is 11.7 Å². The van der Waals surface area contributed by atoms with Crippen LogP contribution in [0.15, 0.2) is 6.20 Å². The van der Waals surface area contributed by atoms with Crippen molar-refractivity contribution in [2.24, 2.45) is 13.0 Å². The molecular formula is C23H32N6O. The van der Waals surface area contributed by atoms with Crippen LogP contribution in [-0.2, 0) is 24.8 Å². The molecule has 1 saturated carbocycles. The van der Waals surface area contributed by atoms with Crippen LogP contribution in [0.2, 0.25) is 0 Å². The van der Waals surface area contributed by atoms with Gasteiger partial charge in [-0.2, -0.15) is 5.10 Å². The molecule has 160 valence electrons. The van der Waals surface area contributed by atoms with Gasteiger partial charge in [0.2, 0.25) is 5.91 Å². The number of likely N-dealkylation sites (tertiary alicyclic amines) is 1. The highest BCUT2D eigenvalue weighted by Gasteiger charge is 2.34. The van der Waals surface area contributed by atoms with Crippen molar-refractivity contribution in [3.05, 3.63) is 34.5 Å². The smallest absolute Gasteiger partial charge is 0.228 e. The fraction of sp³-hybridized carbons (Fsp3) is 0.652. The van der Waals surface area contributed by atoms with E-state index < -0.39 is 0 Å². The lowest BCUT2D eigenvalue weighted by Crippen LogP contribution is -2.39. The molecule has 0 N–H and O–H groups in total. The van der Waals surface area contributed by atoms with E-state index in [-0.39, 0.29) is 5.91 Å². The Kier molecular flexibility index (Phi) is 5.09. The maximum Gasteiger partial charge on any atom is 0.228 e. The van der Waals surface area contributed by atoms with E-state index in [0.717, 1.165) is 62.8 Å². The molecule has 1 aliphatic carbocycles. The zero-order chi connectivity index (χ0) is 20.8. The Hall–Kier alpha value is -2.28. The van der Waals surface area contributed by atoms with Gasteiger partial charge in [0.25, 0.3) is 0 Å². The van der Waals surface area contributed by atoms with Gasteiger partial charge in [-0.05, 0) is 58.4 Å². The summed E-state index contributed by atoms with van der Waals surface area (Å²) < 4.78 is 1.94. The molecule has 7 heteroatoms. The summed E-state index contributed by atoms with van der Waals surface area (Å²) in [6, 6.07) is 0. The topological polar surface area (TPSA) is 67.2 Å². The van der Waals surface area contributed by atoms with E-state index in [4.69, 9.17) is 9.97 Å². The lowest BCUT2D eigenvalue weighted by molar-refractivity contribution is -0.119. The summed E-state index contributed by atoms with van der Waals surface area (Å²) in [4.78, 5) is 27.1. The average Bonchev–Trinajstić information content (AvgIpc) is 3.51. The highest BCUT2D eigenvalue weighted by atomic mass is 16.2. The Labute approximate surface area is 178 Å². The first-order valence-corrected chi connectivity index (χ1v) is 11.4. The number of carbonyl (C=O) groups excluding carboxylic acids is 1. The Balaban J connectivity index is 1.38. The zero-order valence-electron chi connectivity index (χ0n) is 18.4. The van der Waals surface area contributed by atoms with E-state index in [1.54, 1.807) is 0 Å². The third-order valence-electron chi connectivity index (χ3n) is 7.09. The number of carbonyl (C=O) groups is 1. The second-order valence-corrected chi connectivity index (χ2v) is 9.37. The standard InChI is InChI=1S/C23H32N6O/c1-15-20-8-9-21(30)29(12-17-6-7-17)23(20)26-22(25-15)18-5-4-10-28(13-18)14-19-11-24-27(3)16(19)2/h11,17-18H,4-10,12-14H2,1-3H3/t18-/m0/s1. The highest BCUT2D eigenvalue weighted by molar-refractivity contribution is 5.95. The molecule has 2 fully saturated rings. The molecule has 4 heterocycles. The van der Waals surface area contributed by atoms with Crippen molar-refractivity contribution in [3.8, 4) is 0 Å².